The molecule has 1 aromatic carbocycles. The van der Waals surface area contributed by atoms with Gasteiger partial charge in [-0.05, 0) is 19.1 Å². The molecule has 1 heterocycles. The molecule has 0 radical (unpaired) electrons. The molecule has 19 heavy (non-hydrogen) atoms. The average Bonchev–Trinajstić information content (AvgIpc) is 2.94. The van der Waals surface area contributed by atoms with E-state index >= 15 is 0 Å². The van der Waals surface area contributed by atoms with Gasteiger partial charge >= 0.3 is 0 Å². The Balaban J connectivity index is 2.43. The van der Waals surface area contributed by atoms with E-state index in [4.69, 9.17) is 9.47 Å². The van der Waals surface area contributed by atoms with Crippen LogP contribution in [-0.4, -0.2) is 29.8 Å². The van der Waals surface area contributed by atoms with Crippen molar-refractivity contribution >= 4 is 5.78 Å². The monoisotopic (exact) mass is 260 g/mol. The first-order chi connectivity index (χ1) is 9.21. The van der Waals surface area contributed by atoms with Gasteiger partial charge in [0.25, 0.3) is 0 Å². The van der Waals surface area contributed by atoms with Crippen LogP contribution < -0.4 is 9.47 Å². The van der Waals surface area contributed by atoms with Gasteiger partial charge in [0, 0.05) is 12.7 Å². The molecule has 0 N–H and O–H groups in total. The van der Waals surface area contributed by atoms with Crippen LogP contribution in [0.25, 0.3) is 0 Å². The Hall–Kier alpha value is -2.30. The topological polar surface area (TPSA) is 53.4 Å². The lowest BCUT2D eigenvalue weighted by Crippen LogP contribution is -2.04. The summed E-state index contributed by atoms with van der Waals surface area (Å²) in [7, 11) is 3.06. The molecular formula is C14H16N2O3. The molecule has 0 fully saturated rings. The molecule has 0 spiro atoms. The highest BCUT2D eigenvalue weighted by molar-refractivity contribution is 6.10. The molecule has 100 valence electrons. The predicted octanol–water partition coefficient (Wildman–Crippen LogP) is 2.15. The highest BCUT2D eigenvalue weighted by atomic mass is 16.5. The van der Waals surface area contributed by atoms with E-state index in [1.54, 1.807) is 42.4 Å². The van der Waals surface area contributed by atoms with Gasteiger partial charge in [-0.15, -0.1) is 0 Å². The highest BCUT2D eigenvalue weighted by Gasteiger charge is 2.18. The zero-order valence-electron chi connectivity index (χ0n) is 11.2. The first-order valence-corrected chi connectivity index (χ1v) is 5.99. The fourth-order valence-electron chi connectivity index (χ4n) is 1.88. The quantitative estimate of drug-likeness (QED) is 0.773. The molecule has 0 aliphatic carbocycles. The van der Waals surface area contributed by atoms with Crippen LogP contribution in [0.2, 0.25) is 0 Å². The number of hydrogen-bond donors (Lipinski definition) is 0. The van der Waals surface area contributed by atoms with Crippen molar-refractivity contribution in [3.63, 3.8) is 0 Å². The second kappa shape index (κ2) is 5.56. The van der Waals surface area contributed by atoms with Crippen LogP contribution >= 0.6 is 0 Å². The summed E-state index contributed by atoms with van der Waals surface area (Å²) in [5.74, 6) is 0.853. The third kappa shape index (κ3) is 2.45. The highest BCUT2D eigenvalue weighted by Crippen LogP contribution is 2.32. The molecule has 0 saturated heterocycles. The molecule has 0 saturated carbocycles. The predicted molar refractivity (Wildman–Crippen MR) is 70.9 cm³/mol. The zero-order chi connectivity index (χ0) is 13.8. The molecule has 0 atom stereocenters. The Bertz CT molecular complexity index is 590. The number of aryl methyl sites for hydroxylation is 1. The van der Waals surface area contributed by atoms with Crippen LogP contribution in [0.15, 0.2) is 30.6 Å². The Kier molecular flexibility index (Phi) is 3.85. The minimum absolute atomic E-state index is 0.129. The summed E-state index contributed by atoms with van der Waals surface area (Å²) in [5.41, 5.74) is 1.01. The molecule has 2 aromatic rings. The largest absolute Gasteiger partial charge is 0.493 e. The van der Waals surface area contributed by atoms with Gasteiger partial charge in [-0.2, -0.15) is 5.10 Å². The van der Waals surface area contributed by atoms with Gasteiger partial charge in [-0.3, -0.25) is 9.48 Å². The van der Waals surface area contributed by atoms with E-state index in [0.29, 0.717) is 22.6 Å². The van der Waals surface area contributed by atoms with Gasteiger partial charge in [0.05, 0.1) is 31.5 Å². The molecule has 0 unspecified atom stereocenters. The van der Waals surface area contributed by atoms with Crippen LogP contribution in [0.3, 0.4) is 0 Å². The maximum Gasteiger partial charge on any atom is 0.200 e. The van der Waals surface area contributed by atoms with Crippen molar-refractivity contribution in [2.24, 2.45) is 0 Å². The molecule has 2 rings (SSSR count). The molecule has 0 aliphatic rings. The minimum Gasteiger partial charge on any atom is -0.493 e. The van der Waals surface area contributed by atoms with E-state index in [-0.39, 0.29) is 5.78 Å². The summed E-state index contributed by atoms with van der Waals surface area (Å²) in [6, 6.07) is 5.23. The fourth-order valence-corrected chi connectivity index (χ4v) is 1.88. The molecule has 5 heteroatoms. The van der Waals surface area contributed by atoms with E-state index in [2.05, 4.69) is 5.10 Å². The van der Waals surface area contributed by atoms with E-state index in [1.807, 2.05) is 6.92 Å². The number of hydrogen-bond acceptors (Lipinski definition) is 4. The summed E-state index contributed by atoms with van der Waals surface area (Å²) in [4.78, 5) is 12.4. The first-order valence-electron chi connectivity index (χ1n) is 5.99. The average molecular weight is 260 g/mol. The number of aromatic nitrogens is 2. The fraction of sp³-hybridized carbons (Fsp3) is 0.286. The number of rotatable bonds is 5. The minimum atomic E-state index is -0.129. The summed E-state index contributed by atoms with van der Waals surface area (Å²) in [5, 5.41) is 4.10. The van der Waals surface area contributed by atoms with Crippen LogP contribution in [0.4, 0.5) is 0 Å². The number of methoxy groups -OCH3 is 2. The number of benzene rings is 1. The Morgan fingerprint density at radius 2 is 2.11 bits per heavy atom. The van der Waals surface area contributed by atoms with Crippen molar-refractivity contribution < 1.29 is 14.3 Å². The van der Waals surface area contributed by atoms with Crippen molar-refractivity contribution in [2.45, 2.75) is 13.5 Å². The Labute approximate surface area is 111 Å². The smallest absolute Gasteiger partial charge is 0.200 e. The van der Waals surface area contributed by atoms with E-state index < -0.39 is 0 Å². The normalized spacial score (nSPS) is 10.3. The number of para-hydroxylation sites is 1. The SMILES string of the molecule is CCn1cc(C(=O)c2cccc(OC)c2OC)cn1. The van der Waals surface area contributed by atoms with Crippen molar-refractivity contribution in [3.8, 4) is 11.5 Å². The second-order valence-electron chi connectivity index (χ2n) is 3.95. The van der Waals surface area contributed by atoms with Crippen molar-refractivity contribution in [3.05, 3.63) is 41.7 Å². The summed E-state index contributed by atoms with van der Waals surface area (Å²) >= 11 is 0. The molecule has 5 nitrogen and oxygen atoms in total. The van der Waals surface area contributed by atoms with Crippen molar-refractivity contribution in [1.82, 2.24) is 9.78 Å². The standard InChI is InChI=1S/C14H16N2O3/c1-4-16-9-10(8-15-16)13(17)11-6-5-7-12(18-2)14(11)19-3/h5-9H,4H2,1-3H3. The van der Waals surface area contributed by atoms with Gasteiger partial charge in [-0.25, -0.2) is 0 Å². The Morgan fingerprint density at radius 3 is 2.68 bits per heavy atom. The number of carbonyl (C=O) groups excluding carboxylic acids is 1. The number of ketones is 1. The second-order valence-corrected chi connectivity index (χ2v) is 3.95. The van der Waals surface area contributed by atoms with Gasteiger partial charge in [0.15, 0.2) is 17.3 Å². The van der Waals surface area contributed by atoms with Gasteiger partial charge < -0.3 is 9.47 Å². The summed E-state index contributed by atoms with van der Waals surface area (Å²) < 4.78 is 12.2. The van der Waals surface area contributed by atoms with Gasteiger partial charge in [-0.1, -0.05) is 6.07 Å². The van der Waals surface area contributed by atoms with Crippen LogP contribution in [0.5, 0.6) is 11.5 Å². The maximum absolute atomic E-state index is 12.4. The lowest BCUT2D eigenvalue weighted by atomic mass is 10.0. The summed E-state index contributed by atoms with van der Waals surface area (Å²) in [6.07, 6.45) is 3.28. The molecule has 0 amide bonds. The van der Waals surface area contributed by atoms with Crippen LogP contribution in [0, 0.1) is 0 Å². The van der Waals surface area contributed by atoms with E-state index in [9.17, 15) is 4.79 Å². The third-order valence-corrected chi connectivity index (χ3v) is 2.87. The van der Waals surface area contributed by atoms with Crippen molar-refractivity contribution in [1.29, 1.82) is 0 Å². The number of carbonyl (C=O) groups is 1. The van der Waals surface area contributed by atoms with Gasteiger partial charge in [0.1, 0.15) is 0 Å². The third-order valence-electron chi connectivity index (χ3n) is 2.87. The molecule has 0 bridgehead atoms. The van der Waals surface area contributed by atoms with Crippen LogP contribution in [-0.2, 0) is 6.54 Å². The molecular weight excluding hydrogens is 244 g/mol. The van der Waals surface area contributed by atoms with E-state index in [0.717, 1.165) is 6.54 Å². The lowest BCUT2D eigenvalue weighted by molar-refractivity contribution is 0.103. The van der Waals surface area contributed by atoms with E-state index in [1.165, 1.54) is 7.11 Å². The zero-order valence-corrected chi connectivity index (χ0v) is 11.2. The number of nitrogens with zero attached hydrogens (tertiary/aromatic N) is 2. The first kappa shape index (κ1) is 13.1. The van der Waals surface area contributed by atoms with Gasteiger partial charge in [0.2, 0.25) is 0 Å². The summed E-state index contributed by atoms with van der Waals surface area (Å²) in [6.45, 7) is 2.69. The molecule has 1 aromatic heterocycles. The maximum atomic E-state index is 12.4. The van der Waals surface area contributed by atoms with Crippen molar-refractivity contribution in [2.75, 3.05) is 14.2 Å². The molecule has 0 aliphatic heterocycles. The van der Waals surface area contributed by atoms with Crippen LogP contribution in [0.1, 0.15) is 22.8 Å². The lowest BCUT2D eigenvalue weighted by Gasteiger charge is -2.10. The Morgan fingerprint density at radius 1 is 1.32 bits per heavy atom. The number of ether oxygens (including phenoxy) is 2.